The molecule has 0 aromatic heterocycles. The molecule has 0 radical (unpaired) electrons. The van der Waals surface area contributed by atoms with Crippen LogP contribution in [0.3, 0.4) is 0 Å². The van der Waals surface area contributed by atoms with E-state index in [0.29, 0.717) is 12.1 Å². The van der Waals surface area contributed by atoms with Crippen LogP contribution in [0, 0.1) is 0 Å². The normalized spacial score (nSPS) is 22.1. The first-order chi connectivity index (χ1) is 7.11. The maximum atomic E-state index is 11.4. The zero-order valence-electron chi connectivity index (χ0n) is 10.2. The smallest absolute Gasteiger partial charge is 0.219 e. The maximum absolute atomic E-state index is 11.4. The van der Waals surface area contributed by atoms with Gasteiger partial charge in [-0.2, -0.15) is 0 Å². The van der Waals surface area contributed by atoms with Crippen LogP contribution in [-0.2, 0) is 9.53 Å². The third kappa shape index (κ3) is 4.20. The van der Waals surface area contributed by atoms with E-state index in [1.54, 1.807) is 6.92 Å². The first kappa shape index (κ1) is 12.5. The molecule has 0 saturated carbocycles. The Bertz CT molecular complexity index is 204. The lowest BCUT2D eigenvalue weighted by Crippen LogP contribution is -2.43. The standard InChI is InChI=1S/C12H23NO2/c1-10(2)15-9-7-12-6-4-5-8-13(12)11(3)14/h10,12H,4-9H2,1-3H3/t12-/m1/s1. The summed E-state index contributed by atoms with van der Waals surface area (Å²) in [4.78, 5) is 13.4. The fourth-order valence-corrected chi connectivity index (χ4v) is 2.16. The fourth-order valence-electron chi connectivity index (χ4n) is 2.16. The lowest BCUT2D eigenvalue weighted by molar-refractivity contribution is -0.132. The van der Waals surface area contributed by atoms with E-state index in [1.807, 2.05) is 18.7 Å². The van der Waals surface area contributed by atoms with Crippen molar-refractivity contribution in [1.29, 1.82) is 0 Å². The van der Waals surface area contributed by atoms with E-state index in [-0.39, 0.29) is 5.91 Å². The Labute approximate surface area is 92.8 Å². The summed E-state index contributed by atoms with van der Waals surface area (Å²) in [5.74, 6) is 0.212. The molecule has 1 aliphatic rings. The highest BCUT2D eigenvalue weighted by Gasteiger charge is 2.23. The predicted molar refractivity (Wildman–Crippen MR) is 60.7 cm³/mol. The van der Waals surface area contributed by atoms with Gasteiger partial charge in [-0.05, 0) is 39.5 Å². The van der Waals surface area contributed by atoms with Crippen molar-refractivity contribution in [1.82, 2.24) is 4.90 Å². The summed E-state index contributed by atoms with van der Waals surface area (Å²) in [6.07, 6.45) is 4.81. The van der Waals surface area contributed by atoms with E-state index < -0.39 is 0 Å². The van der Waals surface area contributed by atoms with Crippen LogP contribution in [0.15, 0.2) is 0 Å². The third-order valence-electron chi connectivity index (χ3n) is 2.93. The summed E-state index contributed by atoms with van der Waals surface area (Å²) >= 11 is 0. The minimum atomic E-state index is 0.212. The monoisotopic (exact) mass is 213 g/mol. The molecule has 1 aliphatic heterocycles. The molecular weight excluding hydrogens is 190 g/mol. The number of hydrogen-bond acceptors (Lipinski definition) is 2. The minimum absolute atomic E-state index is 0.212. The Morgan fingerprint density at radius 2 is 2.20 bits per heavy atom. The van der Waals surface area contributed by atoms with Crippen LogP contribution in [0.5, 0.6) is 0 Å². The second kappa shape index (κ2) is 6.11. The summed E-state index contributed by atoms with van der Waals surface area (Å²) in [6.45, 7) is 7.46. The maximum Gasteiger partial charge on any atom is 0.219 e. The van der Waals surface area contributed by atoms with Gasteiger partial charge in [-0.15, -0.1) is 0 Å². The van der Waals surface area contributed by atoms with Crippen LogP contribution in [0.25, 0.3) is 0 Å². The molecule has 1 heterocycles. The number of hydrogen-bond donors (Lipinski definition) is 0. The molecule has 1 saturated heterocycles. The zero-order chi connectivity index (χ0) is 11.3. The molecule has 0 aromatic carbocycles. The van der Waals surface area contributed by atoms with Gasteiger partial charge < -0.3 is 9.64 Å². The Morgan fingerprint density at radius 3 is 2.80 bits per heavy atom. The number of nitrogens with zero attached hydrogens (tertiary/aromatic N) is 1. The summed E-state index contributed by atoms with van der Waals surface area (Å²) in [7, 11) is 0. The second-order valence-electron chi connectivity index (χ2n) is 4.57. The number of rotatable bonds is 4. The molecule has 88 valence electrons. The number of carbonyl (C=O) groups is 1. The van der Waals surface area contributed by atoms with Crippen LogP contribution in [-0.4, -0.2) is 36.1 Å². The predicted octanol–water partition coefficient (Wildman–Crippen LogP) is 2.20. The summed E-state index contributed by atoms with van der Waals surface area (Å²) in [5, 5.41) is 0. The van der Waals surface area contributed by atoms with Gasteiger partial charge in [0.2, 0.25) is 5.91 Å². The highest BCUT2D eigenvalue weighted by Crippen LogP contribution is 2.19. The Balaban J connectivity index is 2.33. The van der Waals surface area contributed by atoms with Crippen LogP contribution in [0.2, 0.25) is 0 Å². The van der Waals surface area contributed by atoms with E-state index >= 15 is 0 Å². The van der Waals surface area contributed by atoms with Gasteiger partial charge in [-0.25, -0.2) is 0 Å². The zero-order valence-corrected chi connectivity index (χ0v) is 10.2. The third-order valence-corrected chi connectivity index (χ3v) is 2.93. The molecule has 0 spiro atoms. The van der Waals surface area contributed by atoms with Crippen molar-refractivity contribution in [3.05, 3.63) is 0 Å². The van der Waals surface area contributed by atoms with E-state index in [4.69, 9.17) is 4.74 Å². The van der Waals surface area contributed by atoms with Crippen molar-refractivity contribution in [2.75, 3.05) is 13.2 Å². The van der Waals surface area contributed by atoms with Crippen LogP contribution >= 0.6 is 0 Å². The Kier molecular flexibility index (Phi) is 5.09. The van der Waals surface area contributed by atoms with E-state index in [2.05, 4.69) is 0 Å². The van der Waals surface area contributed by atoms with Crippen molar-refractivity contribution in [2.45, 2.75) is 58.6 Å². The van der Waals surface area contributed by atoms with Gasteiger partial charge in [-0.3, -0.25) is 4.79 Å². The minimum Gasteiger partial charge on any atom is -0.379 e. The Hall–Kier alpha value is -0.570. The van der Waals surface area contributed by atoms with Gasteiger partial charge in [0.05, 0.1) is 6.10 Å². The average Bonchev–Trinajstić information content (AvgIpc) is 2.17. The molecular formula is C12H23NO2. The molecule has 1 atom stereocenters. The van der Waals surface area contributed by atoms with Crippen LogP contribution < -0.4 is 0 Å². The average molecular weight is 213 g/mol. The molecule has 1 rings (SSSR count). The molecule has 0 aromatic rings. The molecule has 0 unspecified atom stereocenters. The highest BCUT2D eigenvalue weighted by molar-refractivity contribution is 5.73. The van der Waals surface area contributed by atoms with Gasteiger partial charge in [0.1, 0.15) is 0 Å². The summed E-state index contributed by atoms with van der Waals surface area (Å²) < 4.78 is 5.53. The molecule has 0 N–H and O–H groups in total. The van der Waals surface area contributed by atoms with Crippen molar-refractivity contribution < 1.29 is 9.53 Å². The molecule has 3 heteroatoms. The number of carbonyl (C=O) groups excluding carboxylic acids is 1. The first-order valence-electron chi connectivity index (χ1n) is 6.00. The van der Waals surface area contributed by atoms with Gasteiger partial charge in [0.15, 0.2) is 0 Å². The molecule has 15 heavy (non-hydrogen) atoms. The SMILES string of the molecule is CC(=O)N1CCCC[C@@H]1CCOC(C)C. The Morgan fingerprint density at radius 1 is 1.47 bits per heavy atom. The molecule has 1 amide bonds. The van der Waals surface area contributed by atoms with Gasteiger partial charge in [-0.1, -0.05) is 0 Å². The van der Waals surface area contributed by atoms with E-state index in [0.717, 1.165) is 32.4 Å². The highest BCUT2D eigenvalue weighted by atomic mass is 16.5. The lowest BCUT2D eigenvalue weighted by atomic mass is 10.00. The molecule has 0 bridgehead atoms. The van der Waals surface area contributed by atoms with Crippen molar-refractivity contribution in [2.24, 2.45) is 0 Å². The second-order valence-corrected chi connectivity index (χ2v) is 4.57. The van der Waals surface area contributed by atoms with Crippen molar-refractivity contribution in [3.8, 4) is 0 Å². The fraction of sp³-hybridized carbons (Fsp3) is 0.917. The van der Waals surface area contributed by atoms with Crippen LogP contribution in [0.1, 0.15) is 46.5 Å². The van der Waals surface area contributed by atoms with E-state index in [9.17, 15) is 4.79 Å². The van der Waals surface area contributed by atoms with Gasteiger partial charge >= 0.3 is 0 Å². The molecule has 0 aliphatic carbocycles. The summed E-state index contributed by atoms with van der Waals surface area (Å²) in [6, 6.07) is 0.412. The number of likely N-dealkylation sites (tertiary alicyclic amines) is 1. The van der Waals surface area contributed by atoms with Crippen molar-refractivity contribution in [3.63, 3.8) is 0 Å². The number of piperidine rings is 1. The number of amides is 1. The number of ether oxygens (including phenoxy) is 1. The quantitative estimate of drug-likeness (QED) is 0.716. The van der Waals surface area contributed by atoms with E-state index in [1.165, 1.54) is 6.42 Å². The topological polar surface area (TPSA) is 29.5 Å². The first-order valence-corrected chi connectivity index (χ1v) is 6.00. The lowest BCUT2D eigenvalue weighted by Gasteiger charge is -2.35. The van der Waals surface area contributed by atoms with Gasteiger partial charge in [0.25, 0.3) is 0 Å². The van der Waals surface area contributed by atoms with Crippen LogP contribution in [0.4, 0.5) is 0 Å². The van der Waals surface area contributed by atoms with Crippen molar-refractivity contribution >= 4 is 5.91 Å². The molecule has 1 fully saturated rings. The largest absolute Gasteiger partial charge is 0.379 e. The summed E-state index contributed by atoms with van der Waals surface area (Å²) in [5.41, 5.74) is 0. The molecule has 3 nitrogen and oxygen atoms in total. The van der Waals surface area contributed by atoms with Gasteiger partial charge in [0, 0.05) is 26.1 Å².